The molecule has 3 heteroatoms. The van der Waals surface area contributed by atoms with Crippen LogP contribution in [0.4, 0.5) is 0 Å². The molecule has 0 atom stereocenters. The van der Waals surface area contributed by atoms with Crippen LogP contribution in [-0.2, 0) is 6.54 Å². The second-order valence-corrected chi connectivity index (χ2v) is 4.64. The molecule has 0 saturated heterocycles. The minimum atomic E-state index is 0.521. The predicted molar refractivity (Wildman–Crippen MR) is 79.9 cm³/mol. The Balaban J connectivity index is 2.72. The number of rotatable bonds is 9. The van der Waals surface area contributed by atoms with Gasteiger partial charge in [-0.25, -0.2) is 0 Å². The summed E-state index contributed by atoms with van der Waals surface area (Å²) < 4.78 is 11.3. The Kier molecular flexibility index (Phi) is 7.04. The Hall–Kier alpha value is -1.48. The highest BCUT2D eigenvalue weighted by atomic mass is 16.5. The van der Waals surface area contributed by atoms with Crippen molar-refractivity contribution in [2.24, 2.45) is 0 Å². The van der Waals surface area contributed by atoms with E-state index in [9.17, 15) is 0 Å². The molecule has 0 amide bonds. The normalized spacial score (nSPS) is 10.3. The fourth-order valence-corrected chi connectivity index (χ4v) is 1.66. The maximum absolute atomic E-state index is 5.69. The highest BCUT2D eigenvalue weighted by molar-refractivity contribution is 5.43. The molecule has 106 valence electrons. The van der Waals surface area contributed by atoms with Crippen molar-refractivity contribution in [2.45, 2.75) is 33.7 Å². The predicted octanol–water partition coefficient (Wildman–Crippen LogP) is 3.54. The summed E-state index contributed by atoms with van der Waals surface area (Å²) in [7, 11) is 0. The van der Waals surface area contributed by atoms with Gasteiger partial charge in [0.05, 0.1) is 6.61 Å². The molecule has 0 aromatic heterocycles. The molecule has 0 fully saturated rings. The first-order valence-corrected chi connectivity index (χ1v) is 6.91. The van der Waals surface area contributed by atoms with Gasteiger partial charge in [0.1, 0.15) is 6.61 Å². The van der Waals surface area contributed by atoms with E-state index in [2.05, 4.69) is 24.9 Å². The molecule has 0 aliphatic rings. The third kappa shape index (κ3) is 5.79. The molecule has 0 aliphatic heterocycles. The average Bonchev–Trinajstić information content (AvgIpc) is 2.38. The van der Waals surface area contributed by atoms with E-state index in [0.717, 1.165) is 36.6 Å². The zero-order chi connectivity index (χ0) is 14.1. The molecule has 3 nitrogen and oxygen atoms in total. The Morgan fingerprint density at radius 2 is 2.00 bits per heavy atom. The van der Waals surface area contributed by atoms with Crippen LogP contribution < -0.4 is 14.8 Å². The summed E-state index contributed by atoms with van der Waals surface area (Å²) in [5.41, 5.74) is 2.20. The van der Waals surface area contributed by atoms with Crippen LogP contribution in [0.25, 0.3) is 0 Å². The standard InChI is InChI=1S/C16H25NO2/c1-5-9-17-11-14-7-8-15(19-12-13(3)4)16(10-14)18-6-2/h7-8,10,17H,3,5-6,9,11-12H2,1-2,4H3. The molecule has 0 heterocycles. The molecule has 0 unspecified atom stereocenters. The molecule has 1 aromatic carbocycles. The fraction of sp³-hybridized carbons (Fsp3) is 0.500. The number of hydrogen-bond acceptors (Lipinski definition) is 3. The lowest BCUT2D eigenvalue weighted by molar-refractivity contribution is 0.293. The molecule has 0 radical (unpaired) electrons. The van der Waals surface area contributed by atoms with E-state index in [-0.39, 0.29) is 0 Å². The van der Waals surface area contributed by atoms with Gasteiger partial charge in [0, 0.05) is 6.54 Å². The second kappa shape index (κ2) is 8.59. The van der Waals surface area contributed by atoms with Gasteiger partial charge in [0.25, 0.3) is 0 Å². The lowest BCUT2D eigenvalue weighted by Gasteiger charge is -2.13. The van der Waals surface area contributed by atoms with Crippen LogP contribution in [0.15, 0.2) is 30.4 Å². The number of benzene rings is 1. The summed E-state index contributed by atoms with van der Waals surface area (Å²) in [5, 5.41) is 3.38. The molecule has 19 heavy (non-hydrogen) atoms. The quantitative estimate of drug-likeness (QED) is 0.546. The van der Waals surface area contributed by atoms with Crippen molar-refractivity contribution in [2.75, 3.05) is 19.8 Å². The van der Waals surface area contributed by atoms with E-state index in [4.69, 9.17) is 9.47 Å². The van der Waals surface area contributed by atoms with Crippen molar-refractivity contribution in [3.8, 4) is 11.5 Å². The van der Waals surface area contributed by atoms with Gasteiger partial charge in [0.2, 0.25) is 0 Å². The molecule has 0 bridgehead atoms. The van der Waals surface area contributed by atoms with Gasteiger partial charge < -0.3 is 14.8 Å². The van der Waals surface area contributed by atoms with Crippen LogP contribution in [0, 0.1) is 0 Å². The molecule has 1 aromatic rings. The Morgan fingerprint density at radius 1 is 1.21 bits per heavy atom. The van der Waals surface area contributed by atoms with Crippen LogP contribution in [0.3, 0.4) is 0 Å². The van der Waals surface area contributed by atoms with Crippen LogP contribution in [0.2, 0.25) is 0 Å². The fourth-order valence-electron chi connectivity index (χ4n) is 1.66. The van der Waals surface area contributed by atoms with E-state index < -0.39 is 0 Å². The smallest absolute Gasteiger partial charge is 0.161 e. The van der Waals surface area contributed by atoms with Gasteiger partial charge in [-0.15, -0.1) is 0 Å². The molecule has 1 rings (SSSR count). The number of ether oxygens (including phenoxy) is 2. The van der Waals surface area contributed by atoms with Gasteiger partial charge in [0.15, 0.2) is 11.5 Å². The van der Waals surface area contributed by atoms with Crippen molar-refractivity contribution in [1.29, 1.82) is 0 Å². The molecular formula is C16H25NO2. The Labute approximate surface area is 116 Å². The largest absolute Gasteiger partial charge is 0.490 e. The van der Waals surface area contributed by atoms with Gasteiger partial charge >= 0.3 is 0 Å². The average molecular weight is 263 g/mol. The molecule has 0 aliphatic carbocycles. The summed E-state index contributed by atoms with van der Waals surface area (Å²) >= 11 is 0. The lowest BCUT2D eigenvalue weighted by atomic mass is 10.2. The van der Waals surface area contributed by atoms with Crippen molar-refractivity contribution < 1.29 is 9.47 Å². The van der Waals surface area contributed by atoms with Gasteiger partial charge in [-0.3, -0.25) is 0 Å². The zero-order valence-electron chi connectivity index (χ0n) is 12.3. The molecular weight excluding hydrogens is 238 g/mol. The molecule has 0 spiro atoms. The van der Waals surface area contributed by atoms with E-state index in [1.807, 2.05) is 26.0 Å². The van der Waals surface area contributed by atoms with Gasteiger partial charge in [-0.05, 0) is 50.1 Å². The van der Waals surface area contributed by atoms with Crippen molar-refractivity contribution in [3.05, 3.63) is 35.9 Å². The summed E-state index contributed by atoms with van der Waals surface area (Å²) in [6.45, 7) is 13.0. The van der Waals surface area contributed by atoms with Gasteiger partial charge in [-0.2, -0.15) is 0 Å². The van der Waals surface area contributed by atoms with Crippen LogP contribution in [-0.4, -0.2) is 19.8 Å². The maximum atomic E-state index is 5.69. The molecule has 1 N–H and O–H groups in total. The van der Waals surface area contributed by atoms with Crippen molar-refractivity contribution in [1.82, 2.24) is 5.32 Å². The van der Waals surface area contributed by atoms with E-state index in [0.29, 0.717) is 13.2 Å². The first-order chi connectivity index (χ1) is 9.17. The second-order valence-electron chi connectivity index (χ2n) is 4.64. The van der Waals surface area contributed by atoms with Crippen molar-refractivity contribution >= 4 is 0 Å². The summed E-state index contributed by atoms with van der Waals surface area (Å²) in [4.78, 5) is 0. The summed E-state index contributed by atoms with van der Waals surface area (Å²) in [6.07, 6.45) is 1.14. The molecule has 0 saturated carbocycles. The first kappa shape index (κ1) is 15.6. The zero-order valence-corrected chi connectivity index (χ0v) is 12.3. The number of nitrogens with one attached hydrogen (secondary N) is 1. The lowest BCUT2D eigenvalue weighted by Crippen LogP contribution is -2.14. The van der Waals surface area contributed by atoms with E-state index >= 15 is 0 Å². The topological polar surface area (TPSA) is 30.5 Å². The summed E-state index contributed by atoms with van der Waals surface area (Å²) in [5.74, 6) is 1.59. The van der Waals surface area contributed by atoms with Gasteiger partial charge in [-0.1, -0.05) is 19.6 Å². The monoisotopic (exact) mass is 263 g/mol. The summed E-state index contributed by atoms with van der Waals surface area (Å²) in [6, 6.07) is 6.08. The van der Waals surface area contributed by atoms with Crippen LogP contribution >= 0.6 is 0 Å². The Bertz CT molecular complexity index is 402. The van der Waals surface area contributed by atoms with Crippen LogP contribution in [0.5, 0.6) is 11.5 Å². The Morgan fingerprint density at radius 3 is 2.63 bits per heavy atom. The number of hydrogen-bond donors (Lipinski definition) is 1. The first-order valence-electron chi connectivity index (χ1n) is 6.91. The SMILES string of the molecule is C=C(C)COc1ccc(CNCCC)cc1OCC. The maximum Gasteiger partial charge on any atom is 0.161 e. The highest BCUT2D eigenvalue weighted by Crippen LogP contribution is 2.28. The van der Waals surface area contributed by atoms with E-state index in [1.54, 1.807) is 0 Å². The highest BCUT2D eigenvalue weighted by Gasteiger charge is 2.06. The van der Waals surface area contributed by atoms with Crippen molar-refractivity contribution in [3.63, 3.8) is 0 Å². The van der Waals surface area contributed by atoms with Crippen LogP contribution in [0.1, 0.15) is 32.8 Å². The third-order valence-corrected chi connectivity index (χ3v) is 2.54. The van der Waals surface area contributed by atoms with E-state index in [1.165, 1.54) is 5.56 Å². The third-order valence-electron chi connectivity index (χ3n) is 2.54. The minimum Gasteiger partial charge on any atom is -0.490 e. The minimum absolute atomic E-state index is 0.521.